The van der Waals surface area contributed by atoms with Gasteiger partial charge >= 0.3 is 5.97 Å². The summed E-state index contributed by atoms with van der Waals surface area (Å²) in [6.07, 6.45) is 1.91. The summed E-state index contributed by atoms with van der Waals surface area (Å²) in [5, 5.41) is 0. The van der Waals surface area contributed by atoms with Crippen LogP contribution >= 0.6 is 11.8 Å². The predicted molar refractivity (Wildman–Crippen MR) is 58.7 cm³/mol. The van der Waals surface area contributed by atoms with Crippen LogP contribution in [-0.4, -0.2) is 19.3 Å². The zero-order valence-electron chi connectivity index (χ0n) is 8.46. The third kappa shape index (κ3) is 1.85. The molecule has 2 N–H and O–H groups in total. The first-order valence-electron chi connectivity index (χ1n) is 4.13. The largest absolute Gasteiger partial charge is 0.465 e. The summed E-state index contributed by atoms with van der Waals surface area (Å²) in [5.74, 6) is -0.334. The number of carbonyl (C=O) groups excluding carboxylic acids is 1. The van der Waals surface area contributed by atoms with Gasteiger partial charge in [0, 0.05) is 10.6 Å². The van der Waals surface area contributed by atoms with Crippen LogP contribution in [-0.2, 0) is 4.74 Å². The molecule has 0 heterocycles. The van der Waals surface area contributed by atoms with Gasteiger partial charge in [-0.15, -0.1) is 11.8 Å². The second kappa shape index (κ2) is 4.37. The van der Waals surface area contributed by atoms with Crippen LogP contribution in [0.5, 0.6) is 0 Å². The van der Waals surface area contributed by atoms with E-state index in [1.54, 1.807) is 6.07 Å². The number of methoxy groups -OCH3 is 1. The van der Waals surface area contributed by atoms with E-state index in [4.69, 9.17) is 10.5 Å². The van der Waals surface area contributed by atoms with Crippen molar-refractivity contribution in [2.75, 3.05) is 19.1 Å². The maximum atomic E-state index is 11.5. The summed E-state index contributed by atoms with van der Waals surface area (Å²) in [7, 11) is 1.37. The van der Waals surface area contributed by atoms with E-state index in [0.29, 0.717) is 11.3 Å². The molecule has 4 heteroatoms. The molecular formula is C10H13NO2S. The number of rotatable bonds is 2. The molecule has 0 atom stereocenters. The van der Waals surface area contributed by atoms with E-state index in [1.807, 2.05) is 19.2 Å². The van der Waals surface area contributed by atoms with Crippen LogP contribution < -0.4 is 5.73 Å². The minimum absolute atomic E-state index is 0.334. The molecular weight excluding hydrogens is 198 g/mol. The van der Waals surface area contributed by atoms with Gasteiger partial charge in [-0.3, -0.25) is 0 Å². The summed E-state index contributed by atoms with van der Waals surface area (Å²) in [6.45, 7) is 1.82. The molecule has 0 saturated carbocycles. The van der Waals surface area contributed by atoms with Crippen molar-refractivity contribution in [2.24, 2.45) is 0 Å². The Bertz CT molecular complexity index is 363. The van der Waals surface area contributed by atoms with Gasteiger partial charge in [0.05, 0.1) is 12.7 Å². The molecule has 1 aromatic carbocycles. The Kier molecular flexibility index (Phi) is 3.41. The third-order valence-corrected chi connectivity index (χ3v) is 2.86. The van der Waals surface area contributed by atoms with Gasteiger partial charge in [-0.2, -0.15) is 0 Å². The fourth-order valence-corrected chi connectivity index (χ4v) is 1.87. The molecule has 0 aliphatic carbocycles. The number of hydrogen-bond acceptors (Lipinski definition) is 4. The van der Waals surface area contributed by atoms with E-state index >= 15 is 0 Å². The molecule has 76 valence electrons. The minimum atomic E-state index is -0.334. The van der Waals surface area contributed by atoms with Crippen molar-refractivity contribution in [1.82, 2.24) is 0 Å². The molecule has 0 bridgehead atoms. The van der Waals surface area contributed by atoms with Gasteiger partial charge in [0.25, 0.3) is 0 Å². The van der Waals surface area contributed by atoms with Gasteiger partial charge in [0.1, 0.15) is 0 Å². The Morgan fingerprint density at radius 3 is 2.64 bits per heavy atom. The van der Waals surface area contributed by atoms with Gasteiger partial charge in [0.2, 0.25) is 0 Å². The lowest BCUT2D eigenvalue weighted by atomic mass is 10.1. The van der Waals surface area contributed by atoms with E-state index in [0.717, 1.165) is 10.5 Å². The number of carbonyl (C=O) groups is 1. The van der Waals surface area contributed by atoms with Crippen LogP contribution in [0.15, 0.2) is 17.0 Å². The maximum Gasteiger partial charge on any atom is 0.339 e. The summed E-state index contributed by atoms with van der Waals surface area (Å²) < 4.78 is 4.71. The number of nitrogen functional groups attached to an aromatic ring is 1. The van der Waals surface area contributed by atoms with Crippen molar-refractivity contribution in [3.63, 3.8) is 0 Å². The smallest absolute Gasteiger partial charge is 0.339 e. The topological polar surface area (TPSA) is 52.3 Å². The molecule has 0 spiro atoms. The summed E-state index contributed by atoms with van der Waals surface area (Å²) in [4.78, 5) is 12.4. The second-order valence-electron chi connectivity index (χ2n) is 2.85. The first-order chi connectivity index (χ1) is 6.61. The molecule has 0 aliphatic heterocycles. The van der Waals surface area contributed by atoms with Crippen LogP contribution in [0, 0.1) is 6.92 Å². The fourth-order valence-electron chi connectivity index (χ4n) is 1.23. The average Bonchev–Trinajstić information content (AvgIpc) is 2.20. The molecule has 0 saturated heterocycles. The van der Waals surface area contributed by atoms with Crippen molar-refractivity contribution in [3.8, 4) is 0 Å². The van der Waals surface area contributed by atoms with Crippen molar-refractivity contribution in [2.45, 2.75) is 11.8 Å². The minimum Gasteiger partial charge on any atom is -0.465 e. The zero-order chi connectivity index (χ0) is 10.7. The molecule has 1 aromatic rings. The Morgan fingerprint density at radius 2 is 2.14 bits per heavy atom. The molecule has 3 nitrogen and oxygen atoms in total. The monoisotopic (exact) mass is 211 g/mol. The number of thioether (sulfide) groups is 1. The summed E-state index contributed by atoms with van der Waals surface area (Å²) in [6, 6.07) is 3.63. The molecule has 14 heavy (non-hydrogen) atoms. The van der Waals surface area contributed by atoms with E-state index in [1.165, 1.54) is 18.9 Å². The summed E-state index contributed by atoms with van der Waals surface area (Å²) >= 11 is 1.51. The number of nitrogens with two attached hydrogens (primary N) is 1. The molecule has 0 fully saturated rings. The van der Waals surface area contributed by atoms with Gasteiger partial charge < -0.3 is 10.5 Å². The van der Waals surface area contributed by atoms with Crippen LogP contribution in [0.3, 0.4) is 0 Å². The van der Waals surface area contributed by atoms with Crippen molar-refractivity contribution < 1.29 is 9.53 Å². The highest BCUT2D eigenvalue weighted by Gasteiger charge is 2.15. The standard InChI is InChI=1S/C10H13NO2S/c1-6-7(11)4-5-8(14-3)9(6)10(12)13-2/h4-5H,11H2,1-3H3. The highest BCUT2D eigenvalue weighted by atomic mass is 32.2. The Hall–Kier alpha value is -1.16. The number of benzene rings is 1. The number of esters is 1. The Labute approximate surface area is 87.6 Å². The van der Waals surface area contributed by atoms with Crippen molar-refractivity contribution in [3.05, 3.63) is 23.3 Å². The normalized spacial score (nSPS) is 9.93. The van der Waals surface area contributed by atoms with Crippen LogP contribution in [0.1, 0.15) is 15.9 Å². The molecule has 0 amide bonds. The second-order valence-corrected chi connectivity index (χ2v) is 3.70. The van der Waals surface area contributed by atoms with Crippen LogP contribution in [0.4, 0.5) is 5.69 Å². The van der Waals surface area contributed by atoms with Crippen LogP contribution in [0.25, 0.3) is 0 Å². The molecule has 1 rings (SSSR count). The fraction of sp³-hybridized carbons (Fsp3) is 0.300. The number of hydrogen-bond donors (Lipinski definition) is 1. The van der Waals surface area contributed by atoms with E-state index in [-0.39, 0.29) is 5.97 Å². The van der Waals surface area contributed by atoms with Gasteiger partial charge in [0.15, 0.2) is 0 Å². The lowest BCUT2D eigenvalue weighted by Crippen LogP contribution is -2.07. The van der Waals surface area contributed by atoms with E-state index in [9.17, 15) is 4.79 Å². The lowest BCUT2D eigenvalue weighted by Gasteiger charge is -2.10. The average molecular weight is 211 g/mol. The van der Waals surface area contributed by atoms with Gasteiger partial charge in [-0.25, -0.2) is 4.79 Å². The maximum absolute atomic E-state index is 11.5. The SMILES string of the molecule is COC(=O)c1c(SC)ccc(N)c1C. The highest BCUT2D eigenvalue weighted by Crippen LogP contribution is 2.27. The molecule has 0 aliphatic rings. The number of anilines is 1. The van der Waals surface area contributed by atoms with Crippen molar-refractivity contribution in [1.29, 1.82) is 0 Å². The first kappa shape index (κ1) is 10.9. The van der Waals surface area contributed by atoms with E-state index in [2.05, 4.69) is 0 Å². The van der Waals surface area contributed by atoms with E-state index < -0.39 is 0 Å². The summed E-state index contributed by atoms with van der Waals surface area (Å²) in [5.41, 5.74) is 7.68. The zero-order valence-corrected chi connectivity index (χ0v) is 9.27. The molecule has 0 aromatic heterocycles. The predicted octanol–water partition coefficient (Wildman–Crippen LogP) is 2.09. The first-order valence-corrected chi connectivity index (χ1v) is 5.35. The third-order valence-electron chi connectivity index (χ3n) is 2.08. The molecule has 0 radical (unpaired) electrons. The molecule has 0 unspecified atom stereocenters. The van der Waals surface area contributed by atoms with Crippen LogP contribution in [0.2, 0.25) is 0 Å². The van der Waals surface area contributed by atoms with Gasteiger partial charge in [-0.1, -0.05) is 0 Å². The quantitative estimate of drug-likeness (QED) is 0.462. The number of ether oxygens (including phenoxy) is 1. The lowest BCUT2D eigenvalue weighted by molar-refractivity contribution is 0.0596. The Morgan fingerprint density at radius 1 is 1.50 bits per heavy atom. The Balaban J connectivity index is 3.35. The van der Waals surface area contributed by atoms with Crippen molar-refractivity contribution >= 4 is 23.4 Å². The van der Waals surface area contributed by atoms with Gasteiger partial charge in [-0.05, 0) is 30.9 Å². The highest BCUT2D eigenvalue weighted by molar-refractivity contribution is 7.98.